The van der Waals surface area contributed by atoms with Gasteiger partial charge < -0.3 is 11.5 Å². The third-order valence-corrected chi connectivity index (χ3v) is 0.718. The molecule has 0 aromatic carbocycles. The zero-order valence-electron chi connectivity index (χ0n) is 5.46. The lowest BCUT2D eigenvalue weighted by atomic mass is 10.2. The highest BCUT2D eigenvalue weighted by molar-refractivity contribution is 4.93. The van der Waals surface area contributed by atoms with Gasteiger partial charge in [0.15, 0.2) is 0 Å². The molecule has 0 bridgehead atoms. The molecule has 8 heavy (non-hydrogen) atoms. The van der Waals surface area contributed by atoms with Crippen molar-refractivity contribution >= 4 is 0 Å². The van der Waals surface area contributed by atoms with Crippen molar-refractivity contribution < 1.29 is 0 Å². The summed E-state index contributed by atoms with van der Waals surface area (Å²) in [6.45, 7) is 3.83. The lowest BCUT2D eigenvalue weighted by molar-refractivity contribution is 0.877. The molecule has 0 spiro atoms. The maximum absolute atomic E-state index is 5.40. The molecule has 2 atom stereocenters. The monoisotopic (exact) mass is 114 g/mol. The van der Waals surface area contributed by atoms with Crippen LogP contribution >= 0.6 is 0 Å². The van der Waals surface area contributed by atoms with Crippen LogP contribution in [0.3, 0.4) is 0 Å². The Morgan fingerprint density at radius 1 is 1.00 bits per heavy atom. The summed E-state index contributed by atoms with van der Waals surface area (Å²) in [6, 6.07) is 0.252. The fourth-order valence-corrected chi connectivity index (χ4v) is 0.351. The minimum Gasteiger partial charge on any atom is -0.325 e. The molecule has 0 aliphatic carbocycles. The molecule has 0 aliphatic heterocycles. The minimum absolute atomic E-state index is 0.126. The molecule has 2 heteroatoms. The molecule has 0 saturated heterocycles. The van der Waals surface area contributed by atoms with Crippen molar-refractivity contribution in [3.8, 4) is 0 Å². The van der Waals surface area contributed by atoms with E-state index in [0.717, 1.165) is 0 Å². The fraction of sp³-hybridized carbons (Fsp3) is 0.667. The van der Waals surface area contributed by atoms with Gasteiger partial charge >= 0.3 is 0 Å². The SMILES string of the molecule is CC(N)/C=C\C(C)N. The maximum atomic E-state index is 5.40. The number of nitrogens with two attached hydrogens (primary N) is 2. The first-order valence-corrected chi connectivity index (χ1v) is 2.82. The summed E-state index contributed by atoms with van der Waals surface area (Å²) >= 11 is 0. The third-order valence-electron chi connectivity index (χ3n) is 0.718. The molecule has 0 aromatic rings. The van der Waals surface area contributed by atoms with Crippen molar-refractivity contribution in [2.75, 3.05) is 0 Å². The summed E-state index contributed by atoms with van der Waals surface area (Å²) in [4.78, 5) is 0. The van der Waals surface area contributed by atoms with Crippen molar-refractivity contribution in [3.05, 3.63) is 12.2 Å². The van der Waals surface area contributed by atoms with Crippen LogP contribution in [0.2, 0.25) is 0 Å². The Kier molecular flexibility index (Phi) is 3.48. The summed E-state index contributed by atoms with van der Waals surface area (Å²) in [7, 11) is 0. The third kappa shape index (κ3) is 5.66. The van der Waals surface area contributed by atoms with Gasteiger partial charge in [0.05, 0.1) is 0 Å². The first kappa shape index (κ1) is 7.66. The van der Waals surface area contributed by atoms with Crippen LogP contribution in [0.25, 0.3) is 0 Å². The molecule has 0 rings (SSSR count). The smallest absolute Gasteiger partial charge is 0.0195 e. The van der Waals surface area contributed by atoms with Crippen molar-refractivity contribution in [1.82, 2.24) is 0 Å². The molecule has 2 nitrogen and oxygen atoms in total. The highest BCUT2D eigenvalue weighted by Crippen LogP contribution is 1.81. The van der Waals surface area contributed by atoms with E-state index >= 15 is 0 Å². The second-order valence-electron chi connectivity index (χ2n) is 2.10. The normalized spacial score (nSPS) is 19.0. The van der Waals surface area contributed by atoms with E-state index in [0.29, 0.717) is 0 Å². The minimum atomic E-state index is 0.126. The van der Waals surface area contributed by atoms with Crippen molar-refractivity contribution in [2.24, 2.45) is 11.5 Å². The molecular weight excluding hydrogens is 100 g/mol. The van der Waals surface area contributed by atoms with E-state index in [-0.39, 0.29) is 12.1 Å². The quantitative estimate of drug-likeness (QED) is 0.505. The molecule has 0 radical (unpaired) electrons. The molecule has 48 valence electrons. The Balaban J connectivity index is 3.34. The predicted molar refractivity (Wildman–Crippen MR) is 36.4 cm³/mol. The Bertz CT molecular complexity index is 64.6. The molecule has 0 heterocycles. The highest BCUT2D eigenvalue weighted by Gasteiger charge is 1.85. The molecule has 0 amide bonds. The van der Waals surface area contributed by atoms with Gasteiger partial charge in [-0.3, -0.25) is 0 Å². The summed E-state index contributed by atoms with van der Waals surface area (Å²) in [5.41, 5.74) is 10.8. The topological polar surface area (TPSA) is 52.0 Å². The lowest BCUT2D eigenvalue weighted by Crippen LogP contribution is -2.15. The van der Waals surface area contributed by atoms with Crippen LogP contribution in [-0.2, 0) is 0 Å². The number of hydrogen-bond acceptors (Lipinski definition) is 2. The van der Waals surface area contributed by atoms with Gasteiger partial charge in [-0.15, -0.1) is 0 Å². The van der Waals surface area contributed by atoms with Gasteiger partial charge in [0, 0.05) is 12.1 Å². The maximum Gasteiger partial charge on any atom is 0.0195 e. The Morgan fingerprint density at radius 2 is 1.25 bits per heavy atom. The van der Waals surface area contributed by atoms with Crippen molar-refractivity contribution in [1.29, 1.82) is 0 Å². The van der Waals surface area contributed by atoms with E-state index in [1.54, 1.807) is 0 Å². The Morgan fingerprint density at radius 3 is 1.38 bits per heavy atom. The number of rotatable bonds is 2. The Hall–Kier alpha value is -0.340. The van der Waals surface area contributed by atoms with Gasteiger partial charge in [-0.2, -0.15) is 0 Å². The molecule has 0 aromatic heterocycles. The van der Waals surface area contributed by atoms with E-state index in [4.69, 9.17) is 11.5 Å². The highest BCUT2D eigenvalue weighted by atomic mass is 14.6. The first-order chi connectivity index (χ1) is 3.63. The van der Waals surface area contributed by atoms with E-state index in [1.165, 1.54) is 0 Å². The predicted octanol–water partition coefficient (Wildman–Crippen LogP) is 0.237. The molecule has 2 unspecified atom stereocenters. The van der Waals surface area contributed by atoms with E-state index < -0.39 is 0 Å². The van der Waals surface area contributed by atoms with Crippen LogP contribution < -0.4 is 11.5 Å². The van der Waals surface area contributed by atoms with E-state index in [1.807, 2.05) is 26.0 Å². The van der Waals surface area contributed by atoms with Gasteiger partial charge in [-0.25, -0.2) is 0 Å². The fourth-order valence-electron chi connectivity index (χ4n) is 0.351. The second-order valence-corrected chi connectivity index (χ2v) is 2.10. The van der Waals surface area contributed by atoms with Crippen LogP contribution in [-0.4, -0.2) is 12.1 Å². The second kappa shape index (κ2) is 3.64. The average Bonchev–Trinajstić information content (AvgIpc) is 1.61. The molecule has 0 fully saturated rings. The van der Waals surface area contributed by atoms with Gasteiger partial charge in [0.25, 0.3) is 0 Å². The molecule has 4 N–H and O–H groups in total. The standard InChI is InChI=1S/C6H14N2/c1-5(7)3-4-6(2)8/h3-6H,7-8H2,1-2H3/b4-3-. The Labute approximate surface area is 50.6 Å². The summed E-state index contributed by atoms with van der Waals surface area (Å²) in [6.07, 6.45) is 3.79. The van der Waals surface area contributed by atoms with Crippen LogP contribution in [0.5, 0.6) is 0 Å². The summed E-state index contributed by atoms with van der Waals surface area (Å²) < 4.78 is 0. The molecule has 0 saturated carbocycles. The lowest BCUT2D eigenvalue weighted by Gasteiger charge is -1.96. The van der Waals surface area contributed by atoms with Crippen molar-refractivity contribution in [2.45, 2.75) is 25.9 Å². The first-order valence-electron chi connectivity index (χ1n) is 2.82. The summed E-state index contributed by atoms with van der Waals surface area (Å²) in [5, 5.41) is 0. The van der Waals surface area contributed by atoms with Crippen molar-refractivity contribution in [3.63, 3.8) is 0 Å². The zero-order chi connectivity index (χ0) is 6.57. The molecule has 0 aliphatic rings. The van der Waals surface area contributed by atoms with Gasteiger partial charge in [-0.05, 0) is 13.8 Å². The largest absolute Gasteiger partial charge is 0.325 e. The van der Waals surface area contributed by atoms with E-state index in [2.05, 4.69) is 0 Å². The molecular formula is C6H14N2. The van der Waals surface area contributed by atoms with Crippen LogP contribution in [0.1, 0.15) is 13.8 Å². The van der Waals surface area contributed by atoms with E-state index in [9.17, 15) is 0 Å². The van der Waals surface area contributed by atoms with Gasteiger partial charge in [-0.1, -0.05) is 12.2 Å². The summed E-state index contributed by atoms with van der Waals surface area (Å²) in [5.74, 6) is 0. The van der Waals surface area contributed by atoms with Crippen LogP contribution in [0.15, 0.2) is 12.2 Å². The van der Waals surface area contributed by atoms with Gasteiger partial charge in [0.1, 0.15) is 0 Å². The zero-order valence-corrected chi connectivity index (χ0v) is 5.46. The van der Waals surface area contributed by atoms with Crippen LogP contribution in [0.4, 0.5) is 0 Å². The number of hydrogen-bond donors (Lipinski definition) is 2. The average molecular weight is 114 g/mol. The van der Waals surface area contributed by atoms with Gasteiger partial charge in [0.2, 0.25) is 0 Å². The van der Waals surface area contributed by atoms with Crippen LogP contribution in [0, 0.1) is 0 Å².